The van der Waals surface area contributed by atoms with Crippen LogP contribution in [0.15, 0.2) is 72.8 Å². The molecule has 1 saturated heterocycles. The molecule has 2 heterocycles. The van der Waals surface area contributed by atoms with Gasteiger partial charge in [0.05, 0.1) is 11.6 Å². The van der Waals surface area contributed by atoms with E-state index >= 15 is 0 Å². The van der Waals surface area contributed by atoms with Crippen LogP contribution in [0.4, 0.5) is 4.39 Å². The molecule has 0 unspecified atom stereocenters. The number of aryl methyl sites for hydroxylation is 1. The molecular formula is C29H30FN5O3. The van der Waals surface area contributed by atoms with Gasteiger partial charge >= 0.3 is 0 Å². The van der Waals surface area contributed by atoms with Crippen molar-refractivity contribution in [2.24, 2.45) is 0 Å². The van der Waals surface area contributed by atoms with Gasteiger partial charge in [0.2, 0.25) is 11.8 Å². The Morgan fingerprint density at radius 2 is 1.87 bits per heavy atom. The Hall–Kier alpha value is -4.11. The average Bonchev–Trinajstić information content (AvgIpc) is 3.60. The summed E-state index contributed by atoms with van der Waals surface area (Å²) in [5, 5.41) is 11.3. The van der Waals surface area contributed by atoms with Crippen LogP contribution in [0.1, 0.15) is 35.6 Å². The van der Waals surface area contributed by atoms with Crippen molar-refractivity contribution >= 4 is 22.8 Å². The number of nitrogens with one attached hydrogen (secondary N) is 1. The highest BCUT2D eigenvalue weighted by molar-refractivity contribution is 5.89. The van der Waals surface area contributed by atoms with Gasteiger partial charge in [-0.3, -0.25) is 9.59 Å². The van der Waals surface area contributed by atoms with Crippen molar-refractivity contribution < 1.29 is 18.7 Å². The van der Waals surface area contributed by atoms with E-state index in [1.165, 1.54) is 21.7 Å². The van der Waals surface area contributed by atoms with E-state index in [2.05, 4.69) is 15.6 Å². The Morgan fingerprint density at radius 1 is 1.11 bits per heavy atom. The van der Waals surface area contributed by atoms with Gasteiger partial charge in [0.1, 0.15) is 23.9 Å². The maximum atomic E-state index is 14.0. The molecule has 3 aromatic carbocycles. The van der Waals surface area contributed by atoms with Crippen molar-refractivity contribution in [1.82, 2.24) is 25.2 Å². The number of carbonyl (C=O) groups excluding carboxylic acids is 2. The molecule has 1 N–H and O–H groups in total. The zero-order valence-corrected chi connectivity index (χ0v) is 21.2. The van der Waals surface area contributed by atoms with Crippen LogP contribution in [0.2, 0.25) is 0 Å². The molecule has 0 aliphatic carbocycles. The van der Waals surface area contributed by atoms with E-state index < -0.39 is 6.04 Å². The minimum Gasteiger partial charge on any atom is -0.376 e. The van der Waals surface area contributed by atoms with Crippen LogP contribution in [0.25, 0.3) is 11.0 Å². The van der Waals surface area contributed by atoms with Gasteiger partial charge in [-0.1, -0.05) is 53.7 Å². The molecule has 0 bridgehead atoms. The summed E-state index contributed by atoms with van der Waals surface area (Å²) >= 11 is 0. The van der Waals surface area contributed by atoms with E-state index in [0.29, 0.717) is 24.2 Å². The van der Waals surface area contributed by atoms with Crippen LogP contribution >= 0.6 is 0 Å². The van der Waals surface area contributed by atoms with Crippen molar-refractivity contribution in [2.75, 3.05) is 13.2 Å². The normalized spacial score (nSPS) is 15.9. The molecule has 1 fully saturated rings. The number of para-hydroxylation sites is 1. The van der Waals surface area contributed by atoms with Crippen LogP contribution < -0.4 is 5.32 Å². The number of ether oxygens (including phenoxy) is 1. The summed E-state index contributed by atoms with van der Waals surface area (Å²) in [5.74, 6) is -0.982. The van der Waals surface area contributed by atoms with Gasteiger partial charge in [-0.15, -0.1) is 5.10 Å². The monoisotopic (exact) mass is 515 g/mol. The molecule has 38 heavy (non-hydrogen) atoms. The fraction of sp³-hybridized carbons (Fsp3) is 0.310. The summed E-state index contributed by atoms with van der Waals surface area (Å²) in [6, 6.07) is 20.0. The minimum absolute atomic E-state index is 0.0424. The number of hydrogen-bond acceptors (Lipinski definition) is 5. The first kappa shape index (κ1) is 25.5. The SMILES string of the molecule is Cc1ccccc1[C@H](C(=O)NC[C@H]1CCCO1)N(Cc1ccc(F)cc1)C(=O)Cn1nnc2ccccc21. The number of rotatable bonds is 9. The maximum Gasteiger partial charge on any atom is 0.247 e. The summed E-state index contributed by atoms with van der Waals surface area (Å²) in [6.07, 6.45) is 1.80. The number of amides is 2. The van der Waals surface area contributed by atoms with E-state index in [4.69, 9.17) is 4.74 Å². The third kappa shape index (κ3) is 5.73. The smallest absolute Gasteiger partial charge is 0.247 e. The predicted octanol–water partition coefficient (Wildman–Crippen LogP) is 3.94. The Kier molecular flexibility index (Phi) is 7.74. The molecule has 8 nitrogen and oxygen atoms in total. The second kappa shape index (κ2) is 11.5. The number of aromatic nitrogens is 3. The van der Waals surface area contributed by atoms with Crippen molar-refractivity contribution in [3.8, 4) is 0 Å². The first-order valence-corrected chi connectivity index (χ1v) is 12.8. The van der Waals surface area contributed by atoms with Crippen LogP contribution in [-0.2, 0) is 27.4 Å². The van der Waals surface area contributed by atoms with Gasteiger partial charge in [0, 0.05) is 19.7 Å². The lowest BCUT2D eigenvalue weighted by Crippen LogP contribution is -2.46. The standard InChI is InChI=1S/C29H30FN5O3/c1-20-7-2-3-9-24(20)28(29(37)31-17-23-8-6-16-38-23)34(18-21-12-14-22(30)15-13-21)27(36)19-35-26-11-5-4-10-25(26)32-33-35/h2-5,7,9-15,23,28H,6,8,16-19H2,1H3,(H,31,37)/t23-,28-/m1/s1. The molecule has 0 spiro atoms. The number of carbonyl (C=O) groups is 2. The topological polar surface area (TPSA) is 89.4 Å². The zero-order valence-electron chi connectivity index (χ0n) is 21.2. The van der Waals surface area contributed by atoms with Crippen molar-refractivity contribution in [1.29, 1.82) is 0 Å². The van der Waals surface area contributed by atoms with Crippen molar-refractivity contribution in [2.45, 2.75) is 45.0 Å². The van der Waals surface area contributed by atoms with E-state index in [1.807, 2.05) is 55.5 Å². The molecule has 1 aliphatic rings. The van der Waals surface area contributed by atoms with E-state index in [-0.39, 0.29) is 36.8 Å². The summed E-state index contributed by atoms with van der Waals surface area (Å²) in [4.78, 5) is 29.3. The molecular weight excluding hydrogens is 485 g/mol. The fourth-order valence-corrected chi connectivity index (χ4v) is 4.82. The lowest BCUT2D eigenvalue weighted by Gasteiger charge is -2.32. The predicted molar refractivity (Wildman–Crippen MR) is 140 cm³/mol. The number of fused-ring (bicyclic) bond motifs is 1. The van der Waals surface area contributed by atoms with Crippen molar-refractivity contribution in [3.63, 3.8) is 0 Å². The van der Waals surface area contributed by atoms with Crippen LogP contribution in [0.5, 0.6) is 0 Å². The first-order valence-electron chi connectivity index (χ1n) is 12.8. The molecule has 9 heteroatoms. The second-order valence-electron chi connectivity index (χ2n) is 9.52. The van der Waals surface area contributed by atoms with E-state index in [0.717, 1.165) is 29.5 Å². The Balaban J connectivity index is 1.50. The first-order chi connectivity index (χ1) is 18.5. The van der Waals surface area contributed by atoms with Gasteiger partial charge in [0.15, 0.2) is 0 Å². The maximum absolute atomic E-state index is 14.0. The average molecular weight is 516 g/mol. The van der Waals surface area contributed by atoms with Crippen LogP contribution in [0, 0.1) is 12.7 Å². The van der Waals surface area contributed by atoms with Gasteiger partial charge in [-0.25, -0.2) is 9.07 Å². The zero-order chi connectivity index (χ0) is 26.5. The van der Waals surface area contributed by atoms with Gasteiger partial charge in [0.25, 0.3) is 0 Å². The molecule has 5 rings (SSSR count). The third-order valence-corrected chi connectivity index (χ3v) is 6.86. The number of benzene rings is 3. The summed E-state index contributed by atoms with van der Waals surface area (Å²) < 4.78 is 20.9. The summed E-state index contributed by atoms with van der Waals surface area (Å²) in [6.45, 7) is 2.97. The number of hydrogen-bond donors (Lipinski definition) is 1. The highest BCUT2D eigenvalue weighted by Gasteiger charge is 2.33. The molecule has 1 aromatic heterocycles. The number of nitrogens with zero attached hydrogens (tertiary/aromatic N) is 4. The third-order valence-electron chi connectivity index (χ3n) is 6.86. The Morgan fingerprint density at radius 3 is 2.63 bits per heavy atom. The van der Waals surface area contributed by atoms with Crippen molar-refractivity contribution in [3.05, 3.63) is 95.3 Å². The fourth-order valence-electron chi connectivity index (χ4n) is 4.82. The molecule has 0 saturated carbocycles. The van der Waals surface area contributed by atoms with E-state index in [1.54, 1.807) is 12.1 Å². The highest BCUT2D eigenvalue weighted by Crippen LogP contribution is 2.27. The molecule has 196 valence electrons. The molecule has 0 radical (unpaired) electrons. The highest BCUT2D eigenvalue weighted by atomic mass is 19.1. The number of halogens is 1. The molecule has 2 amide bonds. The van der Waals surface area contributed by atoms with Crippen LogP contribution in [0.3, 0.4) is 0 Å². The second-order valence-corrected chi connectivity index (χ2v) is 9.52. The minimum atomic E-state index is -0.912. The Bertz CT molecular complexity index is 1420. The van der Waals surface area contributed by atoms with E-state index in [9.17, 15) is 14.0 Å². The van der Waals surface area contributed by atoms with Gasteiger partial charge in [-0.05, 0) is 60.7 Å². The Labute approximate surface area is 220 Å². The van der Waals surface area contributed by atoms with Gasteiger partial charge in [-0.2, -0.15) is 0 Å². The van der Waals surface area contributed by atoms with Gasteiger partial charge < -0.3 is 15.0 Å². The molecule has 4 aromatic rings. The lowest BCUT2D eigenvalue weighted by atomic mass is 9.98. The molecule has 1 aliphatic heterocycles. The van der Waals surface area contributed by atoms with Crippen LogP contribution in [-0.4, -0.2) is 51.0 Å². The molecule has 2 atom stereocenters. The summed E-state index contributed by atoms with van der Waals surface area (Å²) in [5.41, 5.74) is 3.70. The largest absolute Gasteiger partial charge is 0.376 e. The summed E-state index contributed by atoms with van der Waals surface area (Å²) in [7, 11) is 0. The quantitative estimate of drug-likeness (QED) is 0.365. The lowest BCUT2D eigenvalue weighted by molar-refractivity contribution is -0.142.